The van der Waals surface area contributed by atoms with Gasteiger partial charge in [-0.05, 0) is 6.42 Å². The first-order chi connectivity index (χ1) is 8.28. The average molecular weight is 300 g/mol. The van der Waals surface area contributed by atoms with Crippen LogP contribution in [0.15, 0.2) is 0 Å². The lowest BCUT2D eigenvalue weighted by Crippen LogP contribution is -2.45. The second kappa shape index (κ2) is 7.97. The maximum atomic E-state index is 11.1. The first-order valence-corrected chi connectivity index (χ1v) is 9.04. The Morgan fingerprint density at radius 2 is 1.83 bits per heavy atom. The molecule has 0 unspecified atom stereocenters. The van der Waals surface area contributed by atoms with E-state index < -0.39 is 24.9 Å². The van der Waals surface area contributed by atoms with E-state index in [9.17, 15) is 13.2 Å². The van der Waals surface area contributed by atoms with Gasteiger partial charge in [-0.15, -0.1) is 0 Å². The van der Waals surface area contributed by atoms with Gasteiger partial charge >= 0.3 is 8.80 Å². The van der Waals surface area contributed by atoms with Gasteiger partial charge in [0.05, 0.1) is 0 Å². The standard InChI is InChI=1S/C9H20O7SSi/c1-4-9(10)6-5-7-18(14-2,15-3)16-8-17(11,12)13/h4-8H2,1-3H3,(H,11,12,13). The molecule has 9 heteroatoms. The minimum absolute atomic E-state index is 0.111. The third-order valence-corrected chi connectivity index (χ3v) is 5.80. The molecule has 0 rings (SSSR count). The first-order valence-electron chi connectivity index (χ1n) is 5.49. The molecule has 0 saturated heterocycles. The lowest BCUT2D eigenvalue weighted by molar-refractivity contribution is -0.118. The summed E-state index contributed by atoms with van der Waals surface area (Å²) in [6.45, 7) is 1.77. The van der Waals surface area contributed by atoms with Gasteiger partial charge in [0.15, 0.2) is 5.94 Å². The summed E-state index contributed by atoms with van der Waals surface area (Å²) in [4.78, 5) is 11.1. The van der Waals surface area contributed by atoms with Gasteiger partial charge in [0.2, 0.25) is 0 Å². The SMILES string of the molecule is CCC(=O)CCC[Si](OC)(OC)OCS(=O)(=O)O. The van der Waals surface area contributed by atoms with Crippen LogP contribution in [-0.2, 0) is 28.2 Å². The topological polar surface area (TPSA) is 99.1 Å². The van der Waals surface area contributed by atoms with Crippen molar-refractivity contribution in [3.63, 3.8) is 0 Å². The van der Waals surface area contributed by atoms with Crippen LogP contribution in [0.4, 0.5) is 0 Å². The molecule has 0 aliphatic carbocycles. The van der Waals surface area contributed by atoms with Crippen molar-refractivity contribution in [1.29, 1.82) is 0 Å². The van der Waals surface area contributed by atoms with E-state index in [0.717, 1.165) is 0 Å². The van der Waals surface area contributed by atoms with Crippen LogP contribution in [0.3, 0.4) is 0 Å². The monoisotopic (exact) mass is 300 g/mol. The molecule has 0 atom stereocenters. The molecule has 0 aromatic carbocycles. The van der Waals surface area contributed by atoms with E-state index >= 15 is 0 Å². The number of hydrogen-bond donors (Lipinski definition) is 1. The number of rotatable bonds is 10. The number of hydrogen-bond acceptors (Lipinski definition) is 6. The number of carbonyl (C=O) groups is 1. The van der Waals surface area contributed by atoms with E-state index in [-0.39, 0.29) is 5.78 Å². The number of carbonyl (C=O) groups excluding carboxylic acids is 1. The van der Waals surface area contributed by atoms with Crippen molar-refractivity contribution in [1.82, 2.24) is 0 Å². The van der Waals surface area contributed by atoms with Gasteiger partial charge in [-0.2, -0.15) is 8.42 Å². The van der Waals surface area contributed by atoms with Crippen LogP contribution < -0.4 is 0 Å². The summed E-state index contributed by atoms with van der Waals surface area (Å²) in [7, 11) is -4.67. The second-order valence-electron chi connectivity index (χ2n) is 3.68. The molecular formula is C9H20O7SSi. The molecule has 0 spiro atoms. The highest BCUT2D eigenvalue weighted by molar-refractivity contribution is 7.85. The van der Waals surface area contributed by atoms with Gasteiger partial charge in [-0.1, -0.05) is 6.92 Å². The Balaban J connectivity index is 4.38. The lowest BCUT2D eigenvalue weighted by Gasteiger charge is -2.25. The molecule has 0 fully saturated rings. The zero-order chi connectivity index (χ0) is 14.2. The average Bonchev–Trinajstić information content (AvgIpc) is 2.32. The maximum absolute atomic E-state index is 11.1. The molecule has 1 N–H and O–H groups in total. The Hall–Kier alpha value is -0.323. The number of Topliss-reactive ketones (excluding diaryl/α,β-unsaturated/α-hetero) is 1. The van der Waals surface area contributed by atoms with E-state index in [1.54, 1.807) is 6.92 Å². The van der Waals surface area contributed by atoms with Crippen molar-refractivity contribution in [3.8, 4) is 0 Å². The molecule has 0 aromatic heterocycles. The minimum atomic E-state index is -4.24. The van der Waals surface area contributed by atoms with Crippen LogP contribution >= 0.6 is 0 Å². The summed E-state index contributed by atoms with van der Waals surface area (Å²) in [6.07, 6.45) is 1.32. The Morgan fingerprint density at radius 1 is 1.28 bits per heavy atom. The Morgan fingerprint density at radius 3 is 2.22 bits per heavy atom. The number of ketones is 1. The summed E-state index contributed by atoms with van der Waals surface area (Å²) in [6, 6.07) is 0.321. The molecule has 0 aliphatic heterocycles. The van der Waals surface area contributed by atoms with Crippen molar-refractivity contribution >= 4 is 24.7 Å². The molecule has 108 valence electrons. The van der Waals surface area contributed by atoms with Crippen LogP contribution in [0.1, 0.15) is 26.2 Å². The maximum Gasteiger partial charge on any atom is 0.501 e. The molecule has 0 aliphatic rings. The van der Waals surface area contributed by atoms with Crippen LogP contribution in [0, 0.1) is 0 Å². The molecule has 0 heterocycles. The van der Waals surface area contributed by atoms with Crippen LogP contribution in [0.25, 0.3) is 0 Å². The van der Waals surface area contributed by atoms with Crippen molar-refractivity contribution in [3.05, 3.63) is 0 Å². The van der Waals surface area contributed by atoms with Gasteiger partial charge < -0.3 is 13.3 Å². The molecular weight excluding hydrogens is 280 g/mol. The van der Waals surface area contributed by atoms with Gasteiger partial charge in [-0.3, -0.25) is 9.35 Å². The van der Waals surface area contributed by atoms with Gasteiger partial charge in [0.25, 0.3) is 10.1 Å². The summed E-state index contributed by atoms with van der Waals surface area (Å²) in [5.41, 5.74) is 0. The first kappa shape index (κ1) is 17.7. The van der Waals surface area contributed by atoms with E-state index in [4.69, 9.17) is 17.8 Å². The molecule has 0 aromatic rings. The van der Waals surface area contributed by atoms with Gasteiger partial charge in [-0.25, -0.2) is 0 Å². The zero-order valence-corrected chi connectivity index (χ0v) is 12.7. The van der Waals surface area contributed by atoms with Crippen LogP contribution in [0.2, 0.25) is 6.04 Å². The predicted molar refractivity (Wildman–Crippen MR) is 66.6 cm³/mol. The predicted octanol–water partition coefficient (Wildman–Crippen LogP) is 0.839. The largest absolute Gasteiger partial charge is 0.501 e. The van der Waals surface area contributed by atoms with Gasteiger partial charge in [0, 0.05) is 33.1 Å². The summed E-state index contributed by atoms with van der Waals surface area (Å²) in [5.74, 6) is -0.761. The Labute approximate surface area is 109 Å². The third kappa shape index (κ3) is 7.19. The normalized spacial score (nSPS) is 12.7. The summed E-state index contributed by atoms with van der Waals surface area (Å²) < 4.78 is 45.1. The smallest absolute Gasteiger partial charge is 0.377 e. The molecule has 18 heavy (non-hydrogen) atoms. The van der Waals surface area contributed by atoms with Crippen molar-refractivity contribution < 1.29 is 31.0 Å². The Kier molecular flexibility index (Phi) is 7.83. The minimum Gasteiger partial charge on any atom is -0.377 e. The summed E-state index contributed by atoms with van der Waals surface area (Å²) in [5, 5.41) is 0. The highest BCUT2D eigenvalue weighted by atomic mass is 32.2. The van der Waals surface area contributed by atoms with Gasteiger partial charge in [0.1, 0.15) is 5.78 Å². The fraction of sp³-hybridized carbons (Fsp3) is 0.889. The van der Waals surface area contributed by atoms with Crippen LogP contribution in [0.5, 0.6) is 0 Å². The van der Waals surface area contributed by atoms with Crippen molar-refractivity contribution in [2.24, 2.45) is 0 Å². The lowest BCUT2D eigenvalue weighted by atomic mass is 10.2. The van der Waals surface area contributed by atoms with E-state index in [0.29, 0.717) is 25.3 Å². The highest BCUT2D eigenvalue weighted by Gasteiger charge is 2.39. The summed E-state index contributed by atoms with van der Waals surface area (Å²) >= 11 is 0. The molecule has 0 radical (unpaired) electrons. The van der Waals surface area contributed by atoms with E-state index in [1.165, 1.54) is 14.2 Å². The van der Waals surface area contributed by atoms with E-state index in [2.05, 4.69) is 0 Å². The van der Waals surface area contributed by atoms with E-state index in [1.807, 2.05) is 0 Å². The third-order valence-electron chi connectivity index (χ3n) is 2.38. The quantitative estimate of drug-likeness (QED) is 0.471. The fourth-order valence-electron chi connectivity index (χ4n) is 1.32. The Bertz CT molecular complexity index is 350. The molecule has 0 amide bonds. The second-order valence-corrected chi connectivity index (χ2v) is 8.05. The fourth-order valence-corrected chi connectivity index (χ4v) is 4.20. The highest BCUT2D eigenvalue weighted by Crippen LogP contribution is 2.18. The zero-order valence-electron chi connectivity index (χ0n) is 10.8. The van der Waals surface area contributed by atoms with Crippen LogP contribution in [-0.4, -0.2) is 47.7 Å². The van der Waals surface area contributed by atoms with Crippen molar-refractivity contribution in [2.75, 3.05) is 20.2 Å². The molecule has 0 saturated carbocycles. The van der Waals surface area contributed by atoms with Crippen molar-refractivity contribution in [2.45, 2.75) is 32.2 Å². The molecule has 0 bridgehead atoms. The molecule has 7 nitrogen and oxygen atoms in total.